The second kappa shape index (κ2) is 22.4. The molecule has 4 aliphatic carbocycles. The maximum atomic E-state index is 5.58. The van der Waals surface area contributed by atoms with Crippen molar-refractivity contribution in [1.29, 1.82) is 0 Å². The van der Waals surface area contributed by atoms with Crippen molar-refractivity contribution in [3.8, 4) is 44.9 Å². The summed E-state index contributed by atoms with van der Waals surface area (Å²) in [4.78, 5) is 40.5. The van der Waals surface area contributed by atoms with Crippen molar-refractivity contribution in [1.82, 2.24) is 35.1 Å². The van der Waals surface area contributed by atoms with E-state index in [4.69, 9.17) is 23.8 Å². The average molecular weight is 1100 g/mol. The first-order valence-electron chi connectivity index (χ1n) is 29.9. The van der Waals surface area contributed by atoms with Gasteiger partial charge in [-0.3, -0.25) is 20.0 Å². The minimum absolute atomic E-state index is 0.0810. The van der Waals surface area contributed by atoms with E-state index in [2.05, 4.69) is 154 Å². The number of benzene rings is 4. The molecule has 4 spiro atoms. The molecule has 8 aromatic rings. The van der Waals surface area contributed by atoms with Crippen LogP contribution < -0.4 is 5.32 Å². The third kappa shape index (κ3) is 11.0. The largest absolute Gasteiger partial charge is 0.464 e. The number of rotatable bonds is 4. The van der Waals surface area contributed by atoms with Gasteiger partial charge in [-0.25, -0.2) is 19.9 Å². The zero-order valence-electron chi connectivity index (χ0n) is 48.7. The van der Waals surface area contributed by atoms with Crippen LogP contribution in [-0.2, 0) is 51.4 Å². The maximum absolute atomic E-state index is 5.58. The van der Waals surface area contributed by atoms with Crippen molar-refractivity contribution in [3.63, 3.8) is 0 Å². The van der Waals surface area contributed by atoms with Crippen LogP contribution in [0.25, 0.3) is 44.9 Å². The second-order valence-corrected chi connectivity index (χ2v) is 24.5. The quantitative estimate of drug-likeness (QED) is 0.182. The molecule has 13 heteroatoms. The van der Waals surface area contributed by atoms with E-state index < -0.39 is 0 Å². The summed E-state index contributed by atoms with van der Waals surface area (Å²) in [5.41, 5.74) is 19.4. The van der Waals surface area contributed by atoms with Gasteiger partial charge < -0.3 is 24.0 Å². The van der Waals surface area contributed by atoms with E-state index in [9.17, 15) is 0 Å². The summed E-state index contributed by atoms with van der Waals surface area (Å²) in [7, 11) is 4.28. The molecule has 83 heavy (non-hydrogen) atoms. The zero-order chi connectivity index (χ0) is 56.6. The van der Waals surface area contributed by atoms with Gasteiger partial charge in [-0.2, -0.15) is 0 Å². The normalized spacial score (nSPS) is 24.0. The van der Waals surface area contributed by atoms with Crippen molar-refractivity contribution >= 4 is 23.7 Å². The number of hydrogen-bond acceptors (Lipinski definition) is 13. The number of likely N-dealkylation sites (N-methyl/N-ethyl adjacent to an activating group) is 2. The topological polar surface area (TPSA) is 146 Å². The van der Waals surface area contributed by atoms with Crippen LogP contribution in [0.1, 0.15) is 104 Å². The predicted molar refractivity (Wildman–Crippen MR) is 333 cm³/mol. The molecule has 1 N–H and O–H groups in total. The van der Waals surface area contributed by atoms with Crippen molar-refractivity contribution in [2.75, 3.05) is 33.7 Å². The molecule has 4 atom stereocenters. The first-order chi connectivity index (χ1) is 40.5. The first kappa shape index (κ1) is 54.0. The average Bonchev–Trinajstić information content (AvgIpc) is 4.16. The Morgan fingerprint density at radius 2 is 0.904 bits per heavy atom. The van der Waals surface area contributed by atoms with Gasteiger partial charge in [-0.15, -0.1) is 0 Å². The molecule has 4 aliphatic heterocycles. The summed E-state index contributed by atoms with van der Waals surface area (Å²) in [6.45, 7) is 9.27. The molecule has 4 aromatic heterocycles. The molecule has 8 aliphatic rings. The first-order valence-corrected chi connectivity index (χ1v) is 29.9. The Hall–Kier alpha value is -8.32. The molecule has 0 radical (unpaired) electrons. The number of furan rings is 2. The molecule has 13 nitrogen and oxygen atoms in total. The van der Waals surface area contributed by atoms with Crippen molar-refractivity contribution in [2.45, 2.75) is 133 Å². The summed E-state index contributed by atoms with van der Waals surface area (Å²) in [6.07, 6.45) is 31.9. The van der Waals surface area contributed by atoms with E-state index in [1.807, 2.05) is 49.1 Å². The lowest BCUT2D eigenvalue weighted by molar-refractivity contribution is 0.335. The lowest BCUT2D eigenvalue weighted by Crippen LogP contribution is -2.49. The van der Waals surface area contributed by atoms with Crippen LogP contribution in [0, 0.1) is 0 Å². The second-order valence-electron chi connectivity index (χ2n) is 24.5. The van der Waals surface area contributed by atoms with E-state index in [1.54, 1.807) is 25.2 Å². The van der Waals surface area contributed by atoms with Crippen molar-refractivity contribution in [3.05, 3.63) is 192 Å². The maximum Gasteiger partial charge on any atom is 0.134 e. The fourth-order valence-corrected chi connectivity index (χ4v) is 14.8. The molecule has 4 aromatic carbocycles. The van der Waals surface area contributed by atoms with Gasteiger partial charge in [-0.05, 0) is 197 Å². The van der Waals surface area contributed by atoms with Crippen LogP contribution in [0.2, 0.25) is 0 Å². The van der Waals surface area contributed by atoms with Crippen LogP contribution in [0.5, 0.6) is 0 Å². The molecular weight excluding hydrogens is 1030 g/mol. The highest BCUT2D eigenvalue weighted by atomic mass is 16.3. The number of nitrogens with one attached hydrogen (secondary N) is 1. The Labute approximate surface area is 488 Å². The highest BCUT2D eigenvalue weighted by molar-refractivity contribution is 5.84. The van der Waals surface area contributed by atoms with Crippen LogP contribution in [0.4, 0.5) is 0 Å². The molecule has 8 heterocycles. The molecule has 422 valence electrons. The highest BCUT2D eigenvalue weighted by Gasteiger charge is 2.42. The summed E-state index contributed by atoms with van der Waals surface area (Å²) < 4.78 is 11.2. The number of hydrogen-bond donors (Lipinski definition) is 1. The monoisotopic (exact) mass is 1100 g/mol. The smallest absolute Gasteiger partial charge is 0.134 e. The van der Waals surface area contributed by atoms with Crippen LogP contribution in [0.3, 0.4) is 0 Å². The van der Waals surface area contributed by atoms with E-state index in [0.717, 1.165) is 137 Å². The Kier molecular flexibility index (Phi) is 14.6. The molecule has 16 rings (SSSR count). The van der Waals surface area contributed by atoms with Crippen LogP contribution >= 0.6 is 0 Å². The highest BCUT2D eigenvalue weighted by Crippen LogP contribution is 2.43. The van der Waals surface area contributed by atoms with E-state index in [-0.39, 0.29) is 22.2 Å². The SMILES string of the molecule is C1=N[C@@]2(CC1)CCc1c(cccc1-c1ccco1)C2.CC1=NC[C@@]2(CCc3c(cccc3-c3ccco3)C2)N1.CC1=N[C@@]2(CCc3c(cccc3-c3cncnc3)C2)CN1C.CC1=N[C@]2(CCc3c(cccc3-c3cncnc3)C2)CN1C. The van der Waals surface area contributed by atoms with Gasteiger partial charge in [0.05, 0.1) is 58.7 Å². The fourth-order valence-electron chi connectivity index (χ4n) is 14.8. The number of amidine groups is 3. The zero-order valence-corrected chi connectivity index (χ0v) is 48.7. The Morgan fingerprint density at radius 3 is 1.31 bits per heavy atom. The molecule has 0 saturated heterocycles. The van der Waals surface area contributed by atoms with Gasteiger partial charge in [0, 0.05) is 74.2 Å². The van der Waals surface area contributed by atoms with E-state index in [1.165, 1.54) is 79.6 Å². The molecule has 0 bridgehead atoms. The van der Waals surface area contributed by atoms with Crippen molar-refractivity contribution < 1.29 is 8.83 Å². The third-order valence-electron chi connectivity index (χ3n) is 19.0. The number of aliphatic imine (C=N–C) groups is 4. The summed E-state index contributed by atoms with van der Waals surface area (Å²) in [5.74, 6) is 5.37. The number of aromatic nitrogens is 4. The predicted octanol–water partition coefficient (Wildman–Crippen LogP) is 12.7. The Morgan fingerprint density at radius 1 is 0.470 bits per heavy atom. The lowest BCUT2D eigenvalue weighted by Gasteiger charge is -2.35. The van der Waals surface area contributed by atoms with Crippen molar-refractivity contribution in [2.24, 2.45) is 20.0 Å². The molecule has 0 unspecified atom stereocenters. The van der Waals surface area contributed by atoms with Gasteiger partial charge in [0.2, 0.25) is 0 Å². The number of nitrogens with zero attached hydrogens (tertiary/aromatic N) is 10. The summed E-state index contributed by atoms with van der Waals surface area (Å²) in [5, 5.41) is 3.59. The lowest BCUT2D eigenvalue weighted by atomic mass is 9.75. The van der Waals surface area contributed by atoms with Gasteiger partial charge >= 0.3 is 0 Å². The molecule has 0 saturated carbocycles. The minimum Gasteiger partial charge on any atom is -0.464 e. The Bertz CT molecular complexity index is 3630. The number of fused-ring (bicyclic) bond motifs is 4. The fraction of sp³-hybridized carbons (Fsp3) is 0.371. The minimum atomic E-state index is 0.0810. The summed E-state index contributed by atoms with van der Waals surface area (Å²) in [6, 6.07) is 34.3. The van der Waals surface area contributed by atoms with E-state index in [0.29, 0.717) is 0 Å². The molecule has 0 fully saturated rings. The van der Waals surface area contributed by atoms with Gasteiger partial charge in [0.25, 0.3) is 0 Å². The standard InChI is InChI=1S/2C18H20N4.C17H18N2O.C17H17NO/c2*1-13-21-18(11-22(13)2)7-6-17-14(8-18)4-3-5-16(17)15-9-19-12-20-10-15;1-12-18-11-17(19-12)8-7-14-13(10-17)4-2-5-15(14)16-6-3-9-20-16;1-4-13-12-17(8-3-10-18-17)9-7-14(13)15(5-1)16-6-2-11-19-16/h2*3-5,9-10,12H,6-8,11H2,1-2H3;2-6,9H,7-8,10-11H2,1H3,(H,18,19);1-2,4-6,10-11H,3,7-9,12H2/t2*18-;2*17-/m1000/s1. The van der Waals surface area contributed by atoms with Gasteiger partial charge in [0.15, 0.2) is 0 Å². The van der Waals surface area contributed by atoms with Crippen LogP contribution in [0.15, 0.2) is 176 Å². The van der Waals surface area contributed by atoms with Gasteiger partial charge in [-0.1, -0.05) is 72.8 Å². The third-order valence-corrected chi connectivity index (χ3v) is 19.0. The Balaban J connectivity index is 0.000000104. The molecule has 0 amide bonds. The summed E-state index contributed by atoms with van der Waals surface area (Å²) >= 11 is 0. The van der Waals surface area contributed by atoms with E-state index >= 15 is 0 Å². The van der Waals surface area contributed by atoms with Gasteiger partial charge in [0.1, 0.15) is 24.2 Å². The molecular formula is C70H75N11O2. The van der Waals surface area contributed by atoms with Crippen LogP contribution in [-0.4, -0.2) is 109 Å².